The summed E-state index contributed by atoms with van der Waals surface area (Å²) < 4.78 is 11.3. The van der Waals surface area contributed by atoms with Crippen molar-refractivity contribution in [1.29, 1.82) is 0 Å². The van der Waals surface area contributed by atoms with Gasteiger partial charge in [0.25, 0.3) is 11.8 Å². The lowest BCUT2D eigenvalue weighted by Crippen LogP contribution is -2.44. The average molecular weight is 399 g/mol. The Bertz CT molecular complexity index is 833. The third kappa shape index (κ3) is 6.82. The van der Waals surface area contributed by atoms with Crippen molar-refractivity contribution in [3.8, 4) is 11.5 Å². The highest BCUT2D eigenvalue weighted by Crippen LogP contribution is 2.27. The highest BCUT2D eigenvalue weighted by atomic mass is 16.5. The van der Waals surface area contributed by atoms with Crippen LogP contribution < -0.4 is 20.3 Å². The predicted octanol–water partition coefficient (Wildman–Crippen LogP) is 4.14. The Morgan fingerprint density at radius 3 is 2.48 bits per heavy atom. The molecule has 6 heteroatoms. The lowest BCUT2D eigenvalue weighted by atomic mass is 10.0. The molecule has 0 saturated carbocycles. The van der Waals surface area contributed by atoms with E-state index in [1.165, 1.54) is 0 Å². The number of unbranched alkanes of at least 4 members (excludes halogenated alkanes) is 1. The van der Waals surface area contributed by atoms with E-state index in [2.05, 4.69) is 31.6 Å². The minimum Gasteiger partial charge on any atom is -0.493 e. The van der Waals surface area contributed by atoms with Gasteiger partial charge in [0.1, 0.15) is 11.5 Å². The van der Waals surface area contributed by atoms with Crippen LogP contribution in [-0.4, -0.2) is 25.0 Å². The van der Waals surface area contributed by atoms with Crippen LogP contribution in [0.2, 0.25) is 0 Å². The van der Waals surface area contributed by atoms with Gasteiger partial charge in [-0.3, -0.25) is 20.4 Å². The first-order valence-electron chi connectivity index (χ1n) is 9.96. The van der Waals surface area contributed by atoms with Crippen molar-refractivity contribution < 1.29 is 19.1 Å². The molecule has 0 aliphatic rings. The summed E-state index contributed by atoms with van der Waals surface area (Å²) in [5, 5.41) is 0. The van der Waals surface area contributed by atoms with Crippen molar-refractivity contribution in [3.05, 3.63) is 59.2 Å². The molecule has 6 nitrogen and oxygen atoms in total. The van der Waals surface area contributed by atoms with E-state index in [1.807, 2.05) is 25.1 Å². The van der Waals surface area contributed by atoms with Gasteiger partial charge in [0.15, 0.2) is 6.61 Å². The number of amides is 2. The van der Waals surface area contributed by atoms with Crippen LogP contribution in [0.1, 0.15) is 61.0 Å². The van der Waals surface area contributed by atoms with E-state index < -0.39 is 11.8 Å². The molecule has 2 aromatic carbocycles. The van der Waals surface area contributed by atoms with Gasteiger partial charge in [-0.15, -0.1) is 0 Å². The molecule has 29 heavy (non-hydrogen) atoms. The zero-order valence-corrected chi connectivity index (χ0v) is 17.6. The normalized spacial score (nSPS) is 10.5. The Hall–Kier alpha value is -3.02. The Kier molecular flexibility index (Phi) is 8.52. The smallest absolute Gasteiger partial charge is 0.276 e. The summed E-state index contributed by atoms with van der Waals surface area (Å²) in [4.78, 5) is 24.6. The van der Waals surface area contributed by atoms with Crippen molar-refractivity contribution >= 4 is 11.8 Å². The first kappa shape index (κ1) is 22.3. The van der Waals surface area contributed by atoms with Gasteiger partial charge in [-0.2, -0.15) is 0 Å². The Morgan fingerprint density at radius 2 is 1.76 bits per heavy atom. The van der Waals surface area contributed by atoms with Crippen molar-refractivity contribution in [2.45, 2.75) is 46.5 Å². The second-order valence-electron chi connectivity index (χ2n) is 7.19. The molecule has 2 aromatic rings. The van der Waals surface area contributed by atoms with E-state index in [0.717, 1.165) is 24.0 Å². The molecule has 0 aromatic heterocycles. The van der Waals surface area contributed by atoms with Gasteiger partial charge in [-0.05, 0) is 48.6 Å². The summed E-state index contributed by atoms with van der Waals surface area (Å²) in [6.45, 7) is 8.52. The standard InChI is InChI=1S/C23H30N2O4/c1-5-6-13-28-20-10-8-7-9-19(20)23(27)25-24-22(26)15-29-21-14-17(4)11-12-18(21)16(2)3/h7-12,14,16H,5-6,13,15H2,1-4H3,(H,24,26)(H,25,27). The molecule has 156 valence electrons. The first-order valence-corrected chi connectivity index (χ1v) is 9.96. The van der Waals surface area contributed by atoms with Gasteiger partial charge in [0.05, 0.1) is 12.2 Å². The molecule has 0 spiro atoms. The second kappa shape index (κ2) is 11.1. The molecule has 2 amide bonds. The molecular weight excluding hydrogens is 368 g/mol. The van der Waals surface area contributed by atoms with Crippen LogP contribution in [0.4, 0.5) is 0 Å². The molecule has 0 aliphatic carbocycles. The van der Waals surface area contributed by atoms with Crippen LogP contribution in [-0.2, 0) is 4.79 Å². The third-order valence-electron chi connectivity index (χ3n) is 4.35. The fourth-order valence-electron chi connectivity index (χ4n) is 2.72. The maximum absolute atomic E-state index is 12.4. The Labute approximate surface area is 172 Å². The molecule has 0 radical (unpaired) electrons. The molecule has 0 aliphatic heterocycles. The minimum absolute atomic E-state index is 0.196. The monoisotopic (exact) mass is 398 g/mol. The highest BCUT2D eigenvalue weighted by Gasteiger charge is 2.14. The van der Waals surface area contributed by atoms with Crippen molar-refractivity contribution in [3.63, 3.8) is 0 Å². The summed E-state index contributed by atoms with van der Waals surface area (Å²) in [7, 11) is 0. The molecule has 2 rings (SSSR count). The van der Waals surface area contributed by atoms with E-state index in [0.29, 0.717) is 23.7 Å². The summed E-state index contributed by atoms with van der Waals surface area (Å²) in [6.07, 6.45) is 1.91. The summed E-state index contributed by atoms with van der Waals surface area (Å²) in [5.41, 5.74) is 7.26. The second-order valence-corrected chi connectivity index (χ2v) is 7.19. The number of carbonyl (C=O) groups is 2. The molecule has 0 atom stereocenters. The Morgan fingerprint density at radius 1 is 1.00 bits per heavy atom. The first-order chi connectivity index (χ1) is 13.9. The molecule has 2 N–H and O–H groups in total. The van der Waals surface area contributed by atoms with Gasteiger partial charge in [-0.1, -0.05) is 51.5 Å². The number of nitrogens with one attached hydrogen (secondary N) is 2. The number of rotatable bonds is 9. The van der Waals surface area contributed by atoms with Gasteiger partial charge < -0.3 is 9.47 Å². The number of hydrogen-bond acceptors (Lipinski definition) is 4. The number of aryl methyl sites for hydroxylation is 1. The SMILES string of the molecule is CCCCOc1ccccc1C(=O)NNC(=O)COc1cc(C)ccc1C(C)C. The Balaban J connectivity index is 1.90. The van der Waals surface area contributed by atoms with Gasteiger partial charge in [0.2, 0.25) is 0 Å². The zero-order valence-electron chi connectivity index (χ0n) is 17.6. The lowest BCUT2D eigenvalue weighted by Gasteiger charge is -2.15. The van der Waals surface area contributed by atoms with E-state index in [1.54, 1.807) is 24.3 Å². The predicted molar refractivity (Wildman–Crippen MR) is 113 cm³/mol. The average Bonchev–Trinajstić information content (AvgIpc) is 2.70. The van der Waals surface area contributed by atoms with E-state index in [-0.39, 0.29) is 12.5 Å². The largest absolute Gasteiger partial charge is 0.493 e. The molecular formula is C23H30N2O4. The van der Waals surface area contributed by atoms with Crippen LogP contribution in [0.25, 0.3) is 0 Å². The number of carbonyl (C=O) groups excluding carboxylic acids is 2. The van der Waals surface area contributed by atoms with Crippen LogP contribution in [0.5, 0.6) is 11.5 Å². The summed E-state index contributed by atoms with van der Waals surface area (Å²) in [5.74, 6) is 0.557. The van der Waals surface area contributed by atoms with Gasteiger partial charge >= 0.3 is 0 Å². The number of hydrogen-bond donors (Lipinski definition) is 2. The molecule has 0 fully saturated rings. The maximum atomic E-state index is 12.4. The number of para-hydroxylation sites is 1. The van der Waals surface area contributed by atoms with Gasteiger partial charge in [0, 0.05) is 0 Å². The third-order valence-corrected chi connectivity index (χ3v) is 4.35. The quantitative estimate of drug-likeness (QED) is 0.492. The van der Waals surface area contributed by atoms with E-state index in [9.17, 15) is 9.59 Å². The van der Waals surface area contributed by atoms with Crippen LogP contribution in [0.15, 0.2) is 42.5 Å². The summed E-state index contributed by atoms with van der Waals surface area (Å²) >= 11 is 0. The minimum atomic E-state index is -0.445. The number of ether oxygens (including phenoxy) is 2. The van der Waals surface area contributed by atoms with Crippen LogP contribution in [0, 0.1) is 6.92 Å². The topological polar surface area (TPSA) is 76.7 Å². The summed E-state index contributed by atoms with van der Waals surface area (Å²) in [6, 6.07) is 12.9. The molecule has 0 heterocycles. The van der Waals surface area contributed by atoms with Crippen LogP contribution >= 0.6 is 0 Å². The van der Waals surface area contributed by atoms with Crippen molar-refractivity contribution in [1.82, 2.24) is 10.9 Å². The number of benzene rings is 2. The fourth-order valence-corrected chi connectivity index (χ4v) is 2.72. The number of hydrazine groups is 1. The highest BCUT2D eigenvalue weighted by molar-refractivity contribution is 5.97. The fraction of sp³-hybridized carbons (Fsp3) is 0.391. The lowest BCUT2D eigenvalue weighted by molar-refractivity contribution is -0.123. The zero-order chi connectivity index (χ0) is 21.2. The van der Waals surface area contributed by atoms with E-state index >= 15 is 0 Å². The molecule has 0 unspecified atom stereocenters. The maximum Gasteiger partial charge on any atom is 0.276 e. The molecule has 0 saturated heterocycles. The van der Waals surface area contributed by atoms with E-state index in [4.69, 9.17) is 9.47 Å². The van der Waals surface area contributed by atoms with Crippen molar-refractivity contribution in [2.24, 2.45) is 0 Å². The molecule has 0 bridgehead atoms. The van der Waals surface area contributed by atoms with Gasteiger partial charge in [-0.25, -0.2) is 0 Å². The van der Waals surface area contributed by atoms with Crippen LogP contribution in [0.3, 0.4) is 0 Å². The van der Waals surface area contributed by atoms with Crippen molar-refractivity contribution in [2.75, 3.05) is 13.2 Å².